The maximum atomic E-state index is 13.0. The zero-order chi connectivity index (χ0) is 21.3. The summed E-state index contributed by atoms with van der Waals surface area (Å²) >= 11 is 1.62. The molecule has 1 aliphatic carbocycles. The number of hydrogen-bond donors (Lipinski definition) is 2. The Morgan fingerprint density at radius 1 is 1.23 bits per heavy atom. The van der Waals surface area contributed by atoms with Crippen molar-refractivity contribution in [2.75, 3.05) is 12.4 Å². The fourth-order valence-electron chi connectivity index (χ4n) is 3.86. The lowest BCUT2D eigenvalue weighted by Crippen LogP contribution is -2.24. The van der Waals surface area contributed by atoms with Crippen molar-refractivity contribution in [2.24, 2.45) is 0 Å². The number of hydrogen-bond acceptors (Lipinski definition) is 5. The van der Waals surface area contributed by atoms with E-state index >= 15 is 0 Å². The lowest BCUT2D eigenvalue weighted by atomic mass is 9.97. The third kappa shape index (κ3) is 3.87. The molecule has 3 aromatic rings. The van der Waals surface area contributed by atoms with E-state index in [4.69, 9.17) is 0 Å². The third-order valence-electron chi connectivity index (χ3n) is 5.51. The van der Waals surface area contributed by atoms with E-state index in [9.17, 15) is 14.4 Å². The number of benzene rings is 1. The SMILES string of the molecule is CNC(=O)c1ccc(NC(=O)CCn2cnc3sc4c(c3c2=O)CCCC4)c(C)c1. The molecule has 0 atom stereocenters. The molecule has 2 amide bonds. The number of thiophene rings is 1. The molecule has 0 saturated carbocycles. The van der Waals surface area contributed by atoms with Crippen LogP contribution in [-0.4, -0.2) is 28.4 Å². The number of aryl methyl sites for hydroxylation is 4. The first-order valence-corrected chi connectivity index (χ1v) is 10.9. The Hall–Kier alpha value is -3.00. The molecule has 7 nitrogen and oxygen atoms in total. The lowest BCUT2D eigenvalue weighted by Gasteiger charge is -2.11. The molecule has 30 heavy (non-hydrogen) atoms. The van der Waals surface area contributed by atoms with Gasteiger partial charge in [0.25, 0.3) is 11.5 Å². The van der Waals surface area contributed by atoms with Crippen molar-refractivity contribution in [2.45, 2.75) is 45.6 Å². The van der Waals surface area contributed by atoms with Crippen LogP contribution in [0.1, 0.15) is 45.6 Å². The average Bonchev–Trinajstić information content (AvgIpc) is 3.13. The second-order valence-corrected chi connectivity index (χ2v) is 8.62. The normalized spacial score (nSPS) is 13.1. The van der Waals surface area contributed by atoms with Crippen molar-refractivity contribution in [3.63, 3.8) is 0 Å². The Bertz CT molecular complexity index is 1200. The molecule has 1 aliphatic rings. The molecule has 156 valence electrons. The van der Waals surface area contributed by atoms with E-state index in [2.05, 4.69) is 15.6 Å². The van der Waals surface area contributed by atoms with Crippen LogP contribution in [0.3, 0.4) is 0 Å². The predicted octanol–water partition coefficient (Wildman–Crippen LogP) is 3.03. The molecule has 8 heteroatoms. The number of nitrogens with zero attached hydrogens (tertiary/aromatic N) is 2. The highest BCUT2D eigenvalue weighted by molar-refractivity contribution is 7.18. The van der Waals surface area contributed by atoms with Crippen LogP contribution in [0, 0.1) is 6.92 Å². The van der Waals surface area contributed by atoms with Gasteiger partial charge in [-0.1, -0.05) is 0 Å². The molecule has 2 heterocycles. The summed E-state index contributed by atoms with van der Waals surface area (Å²) in [6.45, 7) is 2.11. The molecule has 2 aromatic heterocycles. The van der Waals surface area contributed by atoms with E-state index in [-0.39, 0.29) is 30.3 Å². The first kappa shape index (κ1) is 20.3. The summed E-state index contributed by atoms with van der Waals surface area (Å²) in [7, 11) is 1.58. The summed E-state index contributed by atoms with van der Waals surface area (Å²) < 4.78 is 1.53. The van der Waals surface area contributed by atoms with Gasteiger partial charge in [0.2, 0.25) is 5.91 Å². The molecule has 0 radical (unpaired) electrons. The van der Waals surface area contributed by atoms with Crippen LogP contribution < -0.4 is 16.2 Å². The standard InChI is InChI=1S/C22H24N4O3S/c1-13-11-14(20(28)23-2)7-8-16(13)25-18(27)9-10-26-12-24-21-19(22(26)29)15-5-3-4-6-17(15)30-21/h7-8,11-12H,3-6,9-10H2,1-2H3,(H,23,28)(H,25,27). The number of amides is 2. The van der Waals surface area contributed by atoms with Crippen LogP contribution in [0.15, 0.2) is 29.3 Å². The topological polar surface area (TPSA) is 93.1 Å². The Balaban J connectivity index is 1.46. The molecule has 4 rings (SSSR count). The molecule has 0 spiro atoms. The molecule has 0 saturated heterocycles. The molecule has 1 aromatic carbocycles. The predicted molar refractivity (Wildman–Crippen MR) is 118 cm³/mol. The van der Waals surface area contributed by atoms with E-state index in [1.807, 2.05) is 6.92 Å². The van der Waals surface area contributed by atoms with Crippen molar-refractivity contribution in [3.8, 4) is 0 Å². The van der Waals surface area contributed by atoms with E-state index in [1.165, 1.54) is 9.44 Å². The van der Waals surface area contributed by atoms with Crippen LogP contribution in [0.25, 0.3) is 10.2 Å². The number of carbonyl (C=O) groups excluding carboxylic acids is 2. The van der Waals surface area contributed by atoms with E-state index < -0.39 is 0 Å². The molecule has 0 bridgehead atoms. The van der Waals surface area contributed by atoms with Gasteiger partial charge in [-0.3, -0.25) is 19.0 Å². The zero-order valence-electron chi connectivity index (χ0n) is 17.1. The largest absolute Gasteiger partial charge is 0.355 e. The fourth-order valence-corrected chi connectivity index (χ4v) is 5.08. The number of rotatable bonds is 5. The van der Waals surface area contributed by atoms with Gasteiger partial charge in [-0.2, -0.15) is 0 Å². The lowest BCUT2D eigenvalue weighted by molar-refractivity contribution is -0.116. The summed E-state index contributed by atoms with van der Waals surface area (Å²) in [5.41, 5.74) is 3.09. The Morgan fingerprint density at radius 2 is 2.03 bits per heavy atom. The Morgan fingerprint density at radius 3 is 2.80 bits per heavy atom. The number of fused-ring (bicyclic) bond motifs is 3. The molecular formula is C22H24N4O3S. The number of aromatic nitrogens is 2. The van der Waals surface area contributed by atoms with Gasteiger partial charge >= 0.3 is 0 Å². The highest BCUT2D eigenvalue weighted by atomic mass is 32.1. The first-order valence-electron chi connectivity index (χ1n) is 10.1. The Kier molecular flexibility index (Phi) is 5.67. The van der Waals surface area contributed by atoms with Gasteiger partial charge in [-0.15, -0.1) is 11.3 Å². The molecule has 0 unspecified atom stereocenters. The van der Waals surface area contributed by atoms with Gasteiger partial charge in [0.1, 0.15) is 4.83 Å². The van der Waals surface area contributed by atoms with Gasteiger partial charge in [0.15, 0.2) is 0 Å². The quantitative estimate of drug-likeness (QED) is 0.658. The summed E-state index contributed by atoms with van der Waals surface area (Å²) in [5.74, 6) is -0.362. The summed E-state index contributed by atoms with van der Waals surface area (Å²) in [6, 6.07) is 5.12. The van der Waals surface area contributed by atoms with E-state index in [1.54, 1.807) is 42.9 Å². The van der Waals surface area contributed by atoms with Crippen LogP contribution in [0.5, 0.6) is 0 Å². The Labute approximate surface area is 178 Å². The summed E-state index contributed by atoms with van der Waals surface area (Å²) in [4.78, 5) is 43.7. The van der Waals surface area contributed by atoms with E-state index in [0.717, 1.165) is 47.0 Å². The minimum absolute atomic E-state index is 0.0571. The maximum Gasteiger partial charge on any atom is 0.262 e. The smallest absolute Gasteiger partial charge is 0.262 e. The third-order valence-corrected chi connectivity index (χ3v) is 6.71. The van der Waals surface area contributed by atoms with Crippen LogP contribution in [-0.2, 0) is 24.2 Å². The van der Waals surface area contributed by atoms with Crippen LogP contribution in [0.4, 0.5) is 5.69 Å². The molecule has 0 fully saturated rings. The maximum absolute atomic E-state index is 13.0. The van der Waals surface area contributed by atoms with Gasteiger partial charge in [0, 0.05) is 36.1 Å². The second-order valence-electron chi connectivity index (χ2n) is 7.54. The van der Waals surface area contributed by atoms with Crippen molar-refractivity contribution in [3.05, 3.63) is 56.4 Å². The van der Waals surface area contributed by atoms with Gasteiger partial charge in [-0.05, 0) is 61.9 Å². The molecule has 0 aliphatic heterocycles. The van der Waals surface area contributed by atoms with Crippen LogP contribution >= 0.6 is 11.3 Å². The van der Waals surface area contributed by atoms with Gasteiger partial charge in [-0.25, -0.2) is 4.98 Å². The fraction of sp³-hybridized carbons (Fsp3) is 0.364. The van der Waals surface area contributed by atoms with E-state index in [0.29, 0.717) is 11.3 Å². The summed E-state index contributed by atoms with van der Waals surface area (Å²) in [5, 5.41) is 6.17. The number of anilines is 1. The second kappa shape index (κ2) is 8.39. The van der Waals surface area contributed by atoms with Gasteiger partial charge in [0.05, 0.1) is 11.7 Å². The van der Waals surface area contributed by atoms with Crippen molar-refractivity contribution in [1.29, 1.82) is 0 Å². The van der Waals surface area contributed by atoms with Gasteiger partial charge < -0.3 is 10.6 Å². The van der Waals surface area contributed by atoms with Crippen molar-refractivity contribution < 1.29 is 9.59 Å². The monoisotopic (exact) mass is 424 g/mol. The molecule has 2 N–H and O–H groups in total. The number of nitrogens with one attached hydrogen (secondary N) is 2. The summed E-state index contributed by atoms with van der Waals surface area (Å²) in [6.07, 6.45) is 5.93. The average molecular weight is 425 g/mol. The molecular weight excluding hydrogens is 400 g/mol. The minimum Gasteiger partial charge on any atom is -0.355 e. The van der Waals surface area contributed by atoms with Crippen molar-refractivity contribution in [1.82, 2.24) is 14.9 Å². The highest BCUT2D eigenvalue weighted by Crippen LogP contribution is 2.33. The minimum atomic E-state index is -0.190. The van der Waals surface area contributed by atoms with Crippen LogP contribution in [0.2, 0.25) is 0 Å². The highest BCUT2D eigenvalue weighted by Gasteiger charge is 2.20. The first-order chi connectivity index (χ1) is 14.5. The zero-order valence-corrected chi connectivity index (χ0v) is 17.9. The van der Waals surface area contributed by atoms with Crippen molar-refractivity contribution >= 4 is 39.1 Å². The number of carbonyl (C=O) groups is 2.